The summed E-state index contributed by atoms with van der Waals surface area (Å²) in [7, 11) is 1.49. The number of anilines is 1. The molecule has 0 atom stereocenters. The number of hydrogen-bond acceptors (Lipinski definition) is 5. The third-order valence-corrected chi connectivity index (χ3v) is 3.98. The number of benzene rings is 2. The highest BCUT2D eigenvalue weighted by Crippen LogP contribution is 2.30. The van der Waals surface area contributed by atoms with Crippen LogP contribution >= 0.6 is 11.6 Å². The van der Waals surface area contributed by atoms with Crippen LogP contribution in [-0.2, 0) is 4.79 Å². The molecule has 1 aliphatic heterocycles. The van der Waals surface area contributed by atoms with Gasteiger partial charge in [-0.15, -0.1) is 0 Å². The summed E-state index contributed by atoms with van der Waals surface area (Å²) in [6.07, 6.45) is 0. The van der Waals surface area contributed by atoms with Gasteiger partial charge in [0, 0.05) is 21.7 Å². The summed E-state index contributed by atoms with van der Waals surface area (Å²) >= 11 is 6.11. The first-order valence-corrected chi connectivity index (χ1v) is 7.75. The number of methoxy groups -OCH3 is 1. The molecule has 0 saturated carbocycles. The van der Waals surface area contributed by atoms with Gasteiger partial charge in [-0.3, -0.25) is 20.0 Å². The van der Waals surface area contributed by atoms with Crippen molar-refractivity contribution >= 4 is 34.8 Å². The number of nitrogens with two attached hydrogens (primary N) is 1. The number of nitrogens with zero attached hydrogens (tertiary/aromatic N) is 1. The number of halogens is 1. The van der Waals surface area contributed by atoms with Gasteiger partial charge in [0.2, 0.25) is 5.91 Å². The van der Waals surface area contributed by atoms with E-state index in [1.807, 2.05) is 0 Å². The van der Waals surface area contributed by atoms with Gasteiger partial charge in [-0.1, -0.05) is 11.6 Å². The fourth-order valence-corrected chi connectivity index (χ4v) is 2.76. The van der Waals surface area contributed by atoms with Crippen molar-refractivity contribution < 1.29 is 14.3 Å². The number of ether oxygens (including phenoxy) is 1. The van der Waals surface area contributed by atoms with E-state index in [2.05, 4.69) is 15.7 Å². The largest absolute Gasteiger partial charge is 0.496 e. The predicted molar refractivity (Wildman–Crippen MR) is 95.2 cm³/mol. The molecule has 1 aliphatic rings. The maximum absolute atomic E-state index is 11.9. The first kappa shape index (κ1) is 16.9. The van der Waals surface area contributed by atoms with Gasteiger partial charge < -0.3 is 10.1 Å². The van der Waals surface area contributed by atoms with E-state index in [1.165, 1.54) is 7.11 Å². The van der Waals surface area contributed by atoms with Gasteiger partial charge in [-0.25, -0.2) is 5.84 Å². The molecular weight excluding hydrogens is 344 g/mol. The summed E-state index contributed by atoms with van der Waals surface area (Å²) in [6.45, 7) is -0.0319. The summed E-state index contributed by atoms with van der Waals surface area (Å²) in [6, 6.07) is 10.00. The number of fused-ring (bicyclic) bond motifs is 1. The molecule has 2 amide bonds. The second kappa shape index (κ2) is 6.92. The van der Waals surface area contributed by atoms with Crippen LogP contribution in [-0.4, -0.2) is 31.2 Å². The Labute approximate surface area is 148 Å². The van der Waals surface area contributed by atoms with Gasteiger partial charge in [-0.2, -0.15) is 0 Å². The third-order valence-electron chi connectivity index (χ3n) is 3.74. The monoisotopic (exact) mass is 358 g/mol. The Morgan fingerprint density at radius 3 is 2.80 bits per heavy atom. The van der Waals surface area contributed by atoms with E-state index < -0.39 is 5.91 Å². The molecule has 2 aromatic rings. The van der Waals surface area contributed by atoms with Crippen molar-refractivity contribution in [1.82, 2.24) is 5.43 Å². The summed E-state index contributed by atoms with van der Waals surface area (Å²) < 4.78 is 5.41. The standard InChI is InChI=1S/C17H15ClN4O3/c1-25-14-6-9(17(24)22-19)2-4-11(14)16-12-7-10(18)3-5-13(12)21-15(23)8-20-16/h2-7H,8,19H2,1H3,(H,21,23)(H,22,24). The van der Waals surface area contributed by atoms with Gasteiger partial charge in [-0.05, 0) is 36.4 Å². The number of benzodiazepines with no additional fused rings is 1. The predicted octanol–water partition coefficient (Wildman–Crippen LogP) is 1.74. The molecule has 0 aliphatic carbocycles. The summed E-state index contributed by atoms with van der Waals surface area (Å²) in [5.74, 6) is 4.94. The van der Waals surface area contributed by atoms with E-state index in [0.29, 0.717) is 38.9 Å². The molecule has 0 unspecified atom stereocenters. The smallest absolute Gasteiger partial charge is 0.265 e. The van der Waals surface area contributed by atoms with Crippen molar-refractivity contribution in [2.45, 2.75) is 0 Å². The highest BCUT2D eigenvalue weighted by molar-refractivity contribution is 6.32. The van der Waals surface area contributed by atoms with E-state index >= 15 is 0 Å². The first-order valence-electron chi connectivity index (χ1n) is 7.37. The van der Waals surface area contributed by atoms with Gasteiger partial charge in [0.1, 0.15) is 12.3 Å². The van der Waals surface area contributed by atoms with Crippen LogP contribution in [0.2, 0.25) is 5.02 Å². The van der Waals surface area contributed by atoms with E-state index in [0.717, 1.165) is 0 Å². The van der Waals surface area contributed by atoms with E-state index in [-0.39, 0.29) is 12.5 Å². The van der Waals surface area contributed by atoms with Crippen molar-refractivity contribution in [2.24, 2.45) is 10.8 Å². The molecule has 0 fully saturated rings. The zero-order valence-corrected chi connectivity index (χ0v) is 14.1. The van der Waals surface area contributed by atoms with Crippen LogP contribution in [0.5, 0.6) is 5.75 Å². The van der Waals surface area contributed by atoms with Crippen LogP contribution in [0.4, 0.5) is 5.69 Å². The maximum Gasteiger partial charge on any atom is 0.265 e. The van der Waals surface area contributed by atoms with Crippen molar-refractivity contribution in [3.8, 4) is 5.75 Å². The normalized spacial score (nSPS) is 13.2. The number of hydrazine groups is 1. The SMILES string of the molecule is COc1cc(C(=O)NN)ccc1C1=NCC(=O)Nc2ccc(Cl)cc21. The van der Waals surface area contributed by atoms with E-state index in [9.17, 15) is 9.59 Å². The molecule has 7 nitrogen and oxygen atoms in total. The van der Waals surface area contributed by atoms with Gasteiger partial charge in [0.25, 0.3) is 5.91 Å². The summed E-state index contributed by atoms with van der Waals surface area (Å²) in [4.78, 5) is 28.0. The lowest BCUT2D eigenvalue weighted by Crippen LogP contribution is -2.30. The molecule has 0 aromatic heterocycles. The minimum atomic E-state index is -0.437. The molecule has 128 valence electrons. The zero-order chi connectivity index (χ0) is 18.0. The highest BCUT2D eigenvalue weighted by Gasteiger charge is 2.21. The quantitative estimate of drug-likeness (QED) is 0.441. The second-order valence-electron chi connectivity index (χ2n) is 5.29. The van der Waals surface area contributed by atoms with Crippen molar-refractivity contribution in [3.63, 3.8) is 0 Å². The van der Waals surface area contributed by atoms with Crippen LogP contribution in [0.15, 0.2) is 41.4 Å². The second-order valence-corrected chi connectivity index (χ2v) is 5.73. The average Bonchev–Trinajstić information content (AvgIpc) is 2.78. The number of carbonyl (C=O) groups is 2. The molecule has 0 spiro atoms. The molecule has 3 rings (SSSR count). The van der Waals surface area contributed by atoms with Gasteiger partial charge in [0.05, 0.1) is 18.5 Å². The number of nitrogen functional groups attached to an aromatic ring is 1. The molecule has 4 N–H and O–H groups in total. The van der Waals surface area contributed by atoms with Crippen LogP contribution in [0, 0.1) is 0 Å². The highest BCUT2D eigenvalue weighted by atomic mass is 35.5. The van der Waals surface area contributed by atoms with Crippen molar-refractivity contribution in [3.05, 3.63) is 58.1 Å². The molecule has 2 aromatic carbocycles. The molecule has 0 radical (unpaired) electrons. The van der Waals surface area contributed by atoms with Crippen LogP contribution in [0.25, 0.3) is 0 Å². The molecule has 0 saturated heterocycles. The lowest BCUT2D eigenvalue weighted by molar-refractivity contribution is -0.114. The maximum atomic E-state index is 11.9. The fraction of sp³-hybridized carbons (Fsp3) is 0.118. The Bertz CT molecular complexity index is 895. The topological polar surface area (TPSA) is 106 Å². The number of carbonyl (C=O) groups excluding carboxylic acids is 2. The first-order chi connectivity index (χ1) is 12.0. The Hall–Kier alpha value is -2.90. The molecule has 25 heavy (non-hydrogen) atoms. The summed E-state index contributed by atoms with van der Waals surface area (Å²) in [5.41, 5.74) is 4.88. The van der Waals surface area contributed by atoms with Crippen molar-refractivity contribution in [2.75, 3.05) is 19.0 Å². The third kappa shape index (κ3) is 3.33. The molecule has 1 heterocycles. The number of amides is 2. The van der Waals surface area contributed by atoms with E-state index in [4.69, 9.17) is 22.2 Å². The average molecular weight is 359 g/mol. The van der Waals surface area contributed by atoms with Gasteiger partial charge >= 0.3 is 0 Å². The van der Waals surface area contributed by atoms with Gasteiger partial charge in [0.15, 0.2) is 0 Å². The molecule has 8 heteroatoms. The van der Waals surface area contributed by atoms with Crippen LogP contribution in [0.3, 0.4) is 0 Å². The Morgan fingerprint density at radius 1 is 1.28 bits per heavy atom. The Morgan fingerprint density at radius 2 is 2.08 bits per heavy atom. The molecule has 0 bridgehead atoms. The fourth-order valence-electron chi connectivity index (χ4n) is 2.59. The minimum absolute atomic E-state index is 0.0319. The zero-order valence-electron chi connectivity index (χ0n) is 13.3. The number of aliphatic imine (C=N–C) groups is 1. The minimum Gasteiger partial charge on any atom is -0.496 e. The number of rotatable bonds is 3. The van der Waals surface area contributed by atoms with Crippen LogP contribution < -0.4 is 21.3 Å². The number of nitrogens with one attached hydrogen (secondary N) is 2. The lowest BCUT2D eigenvalue weighted by atomic mass is 9.98. The number of hydrogen-bond donors (Lipinski definition) is 3. The van der Waals surface area contributed by atoms with E-state index in [1.54, 1.807) is 36.4 Å². The van der Waals surface area contributed by atoms with Crippen molar-refractivity contribution in [1.29, 1.82) is 0 Å². The van der Waals surface area contributed by atoms with Crippen LogP contribution in [0.1, 0.15) is 21.5 Å². The lowest BCUT2D eigenvalue weighted by Gasteiger charge is -2.14. The summed E-state index contributed by atoms with van der Waals surface area (Å²) in [5, 5.41) is 3.31. The Balaban J connectivity index is 2.17. The Kier molecular flexibility index (Phi) is 4.69. The molecular formula is C17H15ClN4O3.